The quantitative estimate of drug-likeness (QED) is 0.220. The van der Waals surface area contributed by atoms with Crippen LogP contribution in [0.1, 0.15) is 75.7 Å². The molecule has 2 aromatic carbocycles. The SMILES string of the molecule is COC(=O)CC(=O)CC(O)/C=C/c1c(-c2ccc(F)cc2)c(-c2ccccc2)n(C2CCCCCN2)c1C(C)C. The number of rotatable bonds is 10. The Hall–Kier alpha value is -3.55. The van der Waals surface area contributed by atoms with Crippen LogP contribution in [0.15, 0.2) is 60.7 Å². The average molecular weight is 547 g/mol. The Morgan fingerprint density at radius 3 is 2.48 bits per heavy atom. The number of nitrogens with zero attached hydrogens (tertiary/aromatic N) is 1. The number of ketones is 1. The lowest BCUT2D eigenvalue weighted by atomic mass is 9.94. The van der Waals surface area contributed by atoms with E-state index in [1.54, 1.807) is 18.2 Å². The number of hydrogen-bond acceptors (Lipinski definition) is 5. The van der Waals surface area contributed by atoms with Gasteiger partial charge in [-0.15, -0.1) is 0 Å². The first kappa shape index (κ1) is 29.4. The van der Waals surface area contributed by atoms with Crippen LogP contribution in [-0.2, 0) is 14.3 Å². The topological polar surface area (TPSA) is 80.6 Å². The molecule has 212 valence electrons. The zero-order valence-electron chi connectivity index (χ0n) is 23.5. The number of esters is 1. The number of halogens is 1. The third-order valence-electron chi connectivity index (χ3n) is 7.35. The summed E-state index contributed by atoms with van der Waals surface area (Å²) in [5, 5.41) is 14.5. The lowest BCUT2D eigenvalue weighted by Gasteiger charge is -2.26. The molecule has 1 aliphatic rings. The summed E-state index contributed by atoms with van der Waals surface area (Å²) >= 11 is 0. The van der Waals surface area contributed by atoms with E-state index in [4.69, 9.17) is 0 Å². The molecule has 2 atom stereocenters. The van der Waals surface area contributed by atoms with Crippen LogP contribution in [0.4, 0.5) is 4.39 Å². The molecule has 0 aliphatic carbocycles. The van der Waals surface area contributed by atoms with Crippen molar-refractivity contribution >= 4 is 17.8 Å². The van der Waals surface area contributed by atoms with E-state index in [0.29, 0.717) is 0 Å². The summed E-state index contributed by atoms with van der Waals surface area (Å²) in [7, 11) is 1.23. The zero-order chi connectivity index (χ0) is 28.6. The van der Waals surface area contributed by atoms with E-state index < -0.39 is 17.9 Å². The fourth-order valence-electron chi connectivity index (χ4n) is 5.54. The molecule has 2 heterocycles. The van der Waals surface area contributed by atoms with Gasteiger partial charge in [-0.2, -0.15) is 0 Å². The van der Waals surface area contributed by atoms with Crippen LogP contribution < -0.4 is 5.32 Å². The Kier molecular flexibility index (Phi) is 10.1. The molecule has 3 aromatic rings. The molecule has 7 heteroatoms. The van der Waals surface area contributed by atoms with E-state index in [1.165, 1.54) is 25.7 Å². The lowest BCUT2D eigenvalue weighted by Crippen LogP contribution is -2.28. The Labute approximate surface area is 235 Å². The molecule has 2 unspecified atom stereocenters. The van der Waals surface area contributed by atoms with Gasteiger partial charge in [0.05, 0.1) is 25.1 Å². The van der Waals surface area contributed by atoms with Crippen molar-refractivity contribution in [3.05, 3.63) is 77.7 Å². The zero-order valence-corrected chi connectivity index (χ0v) is 23.5. The molecule has 2 N–H and O–H groups in total. The van der Waals surface area contributed by atoms with Crippen LogP contribution in [0.25, 0.3) is 28.5 Å². The molecular formula is C33H39FN2O4. The van der Waals surface area contributed by atoms with Crippen molar-refractivity contribution in [2.45, 2.75) is 70.6 Å². The van der Waals surface area contributed by atoms with Crippen molar-refractivity contribution in [3.63, 3.8) is 0 Å². The minimum absolute atomic E-state index is 0.0722. The lowest BCUT2D eigenvalue weighted by molar-refractivity contribution is -0.143. The van der Waals surface area contributed by atoms with Gasteiger partial charge in [0.25, 0.3) is 0 Å². The molecule has 0 radical (unpaired) electrons. The summed E-state index contributed by atoms with van der Waals surface area (Å²) in [5.74, 6) is -1.20. The maximum absolute atomic E-state index is 14.0. The highest BCUT2D eigenvalue weighted by molar-refractivity contribution is 5.96. The normalized spacial score (nSPS) is 16.7. The number of aliphatic hydroxyl groups is 1. The van der Waals surface area contributed by atoms with Crippen molar-refractivity contribution < 1.29 is 23.8 Å². The van der Waals surface area contributed by atoms with E-state index in [2.05, 4.69) is 40.6 Å². The smallest absolute Gasteiger partial charge is 0.313 e. The molecule has 1 fully saturated rings. The Morgan fingerprint density at radius 1 is 1.07 bits per heavy atom. The third-order valence-corrected chi connectivity index (χ3v) is 7.35. The maximum Gasteiger partial charge on any atom is 0.313 e. The summed E-state index contributed by atoms with van der Waals surface area (Å²) in [6.45, 7) is 5.23. The number of carbonyl (C=O) groups excluding carboxylic acids is 2. The molecule has 0 spiro atoms. The van der Waals surface area contributed by atoms with Gasteiger partial charge < -0.3 is 14.4 Å². The summed E-state index contributed by atoms with van der Waals surface area (Å²) < 4.78 is 21.0. The van der Waals surface area contributed by atoms with Gasteiger partial charge in [-0.25, -0.2) is 4.39 Å². The second kappa shape index (κ2) is 13.7. The predicted octanol–water partition coefficient (Wildman–Crippen LogP) is 6.64. The van der Waals surface area contributed by atoms with E-state index >= 15 is 0 Å². The highest BCUT2D eigenvalue weighted by atomic mass is 19.1. The molecule has 40 heavy (non-hydrogen) atoms. The number of benzene rings is 2. The number of Topliss-reactive ketones (excluding diaryl/α,β-unsaturated/α-hetero) is 1. The Balaban J connectivity index is 1.92. The largest absolute Gasteiger partial charge is 0.469 e. The minimum Gasteiger partial charge on any atom is -0.469 e. The van der Waals surface area contributed by atoms with Crippen LogP contribution in [0, 0.1) is 5.82 Å². The fraction of sp³-hybridized carbons (Fsp3) is 0.394. The van der Waals surface area contributed by atoms with E-state index in [9.17, 15) is 19.1 Å². The average Bonchev–Trinajstić information content (AvgIpc) is 3.06. The molecule has 0 amide bonds. The molecule has 6 nitrogen and oxygen atoms in total. The molecule has 0 bridgehead atoms. The summed E-state index contributed by atoms with van der Waals surface area (Å²) in [6, 6.07) is 16.7. The summed E-state index contributed by atoms with van der Waals surface area (Å²) in [4.78, 5) is 23.8. The summed E-state index contributed by atoms with van der Waals surface area (Å²) in [6.07, 6.45) is 6.31. The number of aromatic nitrogens is 1. The number of ether oxygens (including phenoxy) is 1. The van der Waals surface area contributed by atoms with Gasteiger partial charge in [-0.05, 0) is 55.0 Å². The third kappa shape index (κ3) is 6.95. The molecule has 0 saturated carbocycles. The highest BCUT2D eigenvalue weighted by Gasteiger charge is 2.29. The number of aliphatic hydroxyl groups excluding tert-OH is 1. The molecule has 1 aliphatic heterocycles. The van der Waals surface area contributed by atoms with E-state index in [-0.39, 0.29) is 30.7 Å². The fourth-order valence-corrected chi connectivity index (χ4v) is 5.54. The standard InChI is InChI=1S/C33H39FN2O4/c1-22(2)32-28(18-17-26(37)20-27(38)21-30(39)40-3)31(23-13-15-25(34)16-14-23)33(24-10-6-4-7-11-24)36(32)29-12-8-5-9-19-35-29/h4,6-7,10-11,13-18,22,26,29,35,37H,5,8-9,12,19-21H2,1-3H3/b18-17+. The first-order valence-corrected chi connectivity index (χ1v) is 14.1. The Morgan fingerprint density at radius 2 is 1.80 bits per heavy atom. The van der Waals surface area contributed by atoms with E-state index in [1.807, 2.05) is 24.3 Å². The van der Waals surface area contributed by atoms with E-state index in [0.717, 1.165) is 59.4 Å². The van der Waals surface area contributed by atoms with Gasteiger partial charge in [0.2, 0.25) is 0 Å². The van der Waals surface area contributed by atoms with Gasteiger partial charge in [0.15, 0.2) is 0 Å². The maximum atomic E-state index is 14.0. The van der Waals surface area contributed by atoms with Crippen molar-refractivity contribution in [2.75, 3.05) is 13.7 Å². The predicted molar refractivity (Wildman–Crippen MR) is 156 cm³/mol. The van der Waals surface area contributed by atoms with Crippen molar-refractivity contribution in [1.29, 1.82) is 0 Å². The van der Waals surface area contributed by atoms with Gasteiger partial charge in [-0.1, -0.05) is 74.9 Å². The second-order valence-electron chi connectivity index (χ2n) is 10.7. The molecule has 4 rings (SSSR count). The molecular weight excluding hydrogens is 507 g/mol. The van der Waals surface area contributed by atoms with Crippen molar-refractivity contribution in [3.8, 4) is 22.4 Å². The Bertz CT molecular complexity index is 1320. The van der Waals surface area contributed by atoms with Gasteiger partial charge >= 0.3 is 5.97 Å². The van der Waals surface area contributed by atoms with Crippen molar-refractivity contribution in [2.24, 2.45) is 0 Å². The number of methoxy groups -OCH3 is 1. The number of nitrogens with one attached hydrogen (secondary N) is 1. The van der Waals surface area contributed by atoms with Crippen LogP contribution in [-0.4, -0.2) is 41.2 Å². The van der Waals surface area contributed by atoms with Gasteiger partial charge in [-0.3, -0.25) is 14.9 Å². The van der Waals surface area contributed by atoms with Crippen molar-refractivity contribution in [1.82, 2.24) is 9.88 Å². The second-order valence-corrected chi connectivity index (χ2v) is 10.7. The number of carbonyl (C=O) groups is 2. The van der Waals surface area contributed by atoms with Gasteiger partial charge in [0, 0.05) is 23.2 Å². The highest BCUT2D eigenvalue weighted by Crippen LogP contribution is 2.45. The van der Waals surface area contributed by atoms with Crippen LogP contribution >= 0.6 is 0 Å². The molecule has 1 saturated heterocycles. The van der Waals surface area contributed by atoms with Crippen LogP contribution in [0.2, 0.25) is 0 Å². The first-order chi connectivity index (χ1) is 19.3. The minimum atomic E-state index is -1.07. The monoisotopic (exact) mass is 546 g/mol. The van der Waals surface area contributed by atoms with Crippen LogP contribution in [0.3, 0.4) is 0 Å². The first-order valence-electron chi connectivity index (χ1n) is 14.1. The van der Waals surface area contributed by atoms with Gasteiger partial charge in [0.1, 0.15) is 18.0 Å². The molecule has 1 aromatic heterocycles. The van der Waals surface area contributed by atoms with Crippen LogP contribution in [0.5, 0.6) is 0 Å². The summed E-state index contributed by atoms with van der Waals surface area (Å²) in [5.41, 5.74) is 5.91. The number of hydrogen-bond donors (Lipinski definition) is 2.